The molecule has 2 atom stereocenters. The van der Waals surface area contributed by atoms with Crippen molar-refractivity contribution in [1.82, 2.24) is 15.6 Å². The Kier molecular flexibility index (Phi) is 11.7. The number of halogens is 1. The largest absolute Gasteiger partial charge is 0.460 e. The third kappa shape index (κ3) is 13.9. The lowest BCUT2D eigenvalue weighted by molar-refractivity contribution is -0.163. The van der Waals surface area contributed by atoms with Crippen LogP contribution in [-0.2, 0) is 23.8 Å². The Bertz CT molecular complexity index is 961. The molecule has 1 aromatic heterocycles. The molecule has 0 radical (unpaired) electrons. The number of alkyl carbamates (subject to hydrolysis) is 1. The normalized spacial score (nSPS) is 13.6. The summed E-state index contributed by atoms with van der Waals surface area (Å²) in [7, 11) is 0. The first-order valence-electron chi connectivity index (χ1n) is 12.6. The van der Waals surface area contributed by atoms with E-state index >= 15 is 0 Å². The highest BCUT2D eigenvalue weighted by Gasteiger charge is 2.34. The van der Waals surface area contributed by atoms with Gasteiger partial charge in [0.2, 0.25) is 5.95 Å². The summed E-state index contributed by atoms with van der Waals surface area (Å²) in [6, 6.07) is 1.22. The number of esters is 2. The average molecular weight is 540 g/mol. The smallest absolute Gasteiger partial charge is 0.408 e. The van der Waals surface area contributed by atoms with Crippen molar-refractivity contribution in [3.05, 3.63) is 29.8 Å². The van der Waals surface area contributed by atoms with Crippen molar-refractivity contribution in [1.29, 1.82) is 0 Å². The number of ether oxygens (including phenoxy) is 3. The van der Waals surface area contributed by atoms with Crippen LogP contribution in [0.5, 0.6) is 0 Å². The molecule has 2 N–H and O–H groups in total. The summed E-state index contributed by atoms with van der Waals surface area (Å²) in [4.78, 5) is 54.2. The van der Waals surface area contributed by atoms with E-state index in [1.807, 2.05) is 0 Å². The number of pyridine rings is 1. The lowest BCUT2D eigenvalue weighted by Gasteiger charge is -2.29. The lowest BCUT2D eigenvalue weighted by atomic mass is 9.94. The molecule has 0 unspecified atom stereocenters. The van der Waals surface area contributed by atoms with Crippen LogP contribution >= 0.6 is 0 Å². The molecule has 10 nitrogen and oxygen atoms in total. The quantitative estimate of drug-likeness (QED) is 0.194. The molecule has 0 aromatic carbocycles. The topological polar surface area (TPSA) is 133 Å². The van der Waals surface area contributed by atoms with E-state index in [4.69, 9.17) is 14.2 Å². The van der Waals surface area contributed by atoms with Crippen LogP contribution in [-0.4, -0.2) is 58.3 Å². The molecule has 0 bridgehead atoms. The molecule has 214 valence electrons. The van der Waals surface area contributed by atoms with Gasteiger partial charge in [0.25, 0.3) is 5.91 Å². The van der Waals surface area contributed by atoms with Crippen molar-refractivity contribution in [3.8, 4) is 0 Å². The van der Waals surface area contributed by atoms with Crippen LogP contribution < -0.4 is 10.6 Å². The molecule has 0 aliphatic heterocycles. The number of amides is 2. The minimum absolute atomic E-state index is 0.0983. The Hall–Kier alpha value is -3.24. The van der Waals surface area contributed by atoms with Crippen molar-refractivity contribution in [2.45, 2.75) is 104 Å². The number of nitrogens with zero attached hydrogens (tertiary/aromatic N) is 1. The van der Waals surface area contributed by atoms with Gasteiger partial charge < -0.3 is 24.8 Å². The molecule has 1 aromatic rings. The first kappa shape index (κ1) is 32.8. The molecule has 11 heteroatoms. The van der Waals surface area contributed by atoms with E-state index in [9.17, 15) is 23.6 Å². The van der Waals surface area contributed by atoms with Gasteiger partial charge in [0.15, 0.2) is 0 Å². The van der Waals surface area contributed by atoms with E-state index in [0.29, 0.717) is 6.42 Å². The molecule has 0 aliphatic rings. The Balaban J connectivity index is 3.00. The molecular weight excluding hydrogens is 497 g/mol. The van der Waals surface area contributed by atoms with Gasteiger partial charge in [-0.25, -0.2) is 14.6 Å². The van der Waals surface area contributed by atoms with Crippen LogP contribution in [0.25, 0.3) is 0 Å². The van der Waals surface area contributed by atoms with Gasteiger partial charge >= 0.3 is 18.0 Å². The zero-order valence-electron chi connectivity index (χ0n) is 23.9. The van der Waals surface area contributed by atoms with Gasteiger partial charge in [0, 0.05) is 12.7 Å². The SMILES string of the molecule is CC(C)(C)OC(=O)N[C@@H](C[C@H](CCCNC(=O)c1ccc(F)nc1)C(=O)OC(C)(C)C)C(=O)OC(C)(C)C. The van der Waals surface area contributed by atoms with Crippen LogP contribution in [0.4, 0.5) is 9.18 Å². The predicted molar refractivity (Wildman–Crippen MR) is 139 cm³/mol. The minimum atomic E-state index is -1.18. The molecule has 0 aliphatic carbocycles. The maximum Gasteiger partial charge on any atom is 0.408 e. The standard InChI is InChI=1S/C27H42FN3O7/c1-25(2,3)36-22(33)17(11-10-14-29-21(32)18-12-13-20(28)30-16-18)15-19(23(34)37-26(4,5)6)31-24(35)38-27(7,8)9/h12-13,16-17,19H,10-11,14-15H2,1-9H3,(H,29,32)(H,31,35)/t17-,19-/m0/s1. The highest BCUT2D eigenvalue weighted by atomic mass is 19.1. The highest BCUT2D eigenvalue weighted by Crippen LogP contribution is 2.22. The van der Waals surface area contributed by atoms with Crippen molar-refractivity contribution in [2.75, 3.05) is 6.54 Å². The zero-order valence-corrected chi connectivity index (χ0v) is 23.9. The fourth-order valence-electron chi connectivity index (χ4n) is 3.20. The van der Waals surface area contributed by atoms with Crippen LogP contribution in [0, 0.1) is 11.9 Å². The monoisotopic (exact) mass is 539 g/mol. The van der Waals surface area contributed by atoms with E-state index in [-0.39, 0.29) is 24.9 Å². The summed E-state index contributed by atoms with van der Waals surface area (Å²) < 4.78 is 29.3. The number of hydrogen-bond acceptors (Lipinski definition) is 8. The van der Waals surface area contributed by atoms with Gasteiger partial charge in [-0.15, -0.1) is 0 Å². The Labute approximate surface area is 224 Å². The number of carbonyl (C=O) groups excluding carboxylic acids is 4. The number of hydrogen-bond donors (Lipinski definition) is 2. The maximum atomic E-state index is 13.0. The number of nitrogens with one attached hydrogen (secondary N) is 2. The molecule has 2 amide bonds. The second-order valence-corrected chi connectivity index (χ2v) is 12.0. The van der Waals surface area contributed by atoms with Crippen LogP contribution in [0.2, 0.25) is 0 Å². The van der Waals surface area contributed by atoms with Crippen molar-refractivity contribution in [2.24, 2.45) is 5.92 Å². The molecule has 0 fully saturated rings. The predicted octanol–water partition coefficient (Wildman–Crippen LogP) is 4.31. The summed E-state index contributed by atoms with van der Waals surface area (Å²) in [6.07, 6.45) is 0.807. The number of carbonyl (C=O) groups is 4. The molecule has 0 saturated heterocycles. The van der Waals surface area contributed by atoms with Crippen molar-refractivity contribution < 1.29 is 37.8 Å². The molecule has 0 spiro atoms. The van der Waals surface area contributed by atoms with Crippen LogP contribution in [0.3, 0.4) is 0 Å². The fourth-order valence-corrected chi connectivity index (χ4v) is 3.20. The van der Waals surface area contributed by atoms with Gasteiger partial charge in [-0.05, 0) is 93.7 Å². The van der Waals surface area contributed by atoms with E-state index in [1.165, 1.54) is 6.07 Å². The number of aromatic nitrogens is 1. The summed E-state index contributed by atoms with van der Waals surface area (Å²) in [5, 5.41) is 5.22. The third-order valence-electron chi connectivity index (χ3n) is 4.65. The Morgan fingerprint density at radius 2 is 1.42 bits per heavy atom. The zero-order chi connectivity index (χ0) is 29.3. The second-order valence-electron chi connectivity index (χ2n) is 12.0. The van der Waals surface area contributed by atoms with Gasteiger partial charge in [0.1, 0.15) is 22.8 Å². The Morgan fingerprint density at radius 1 is 0.868 bits per heavy atom. The van der Waals surface area contributed by atoms with Gasteiger partial charge in [-0.2, -0.15) is 4.39 Å². The molecule has 1 rings (SSSR count). The van der Waals surface area contributed by atoms with Crippen LogP contribution in [0.1, 0.15) is 91.9 Å². The van der Waals surface area contributed by atoms with Gasteiger partial charge in [-0.1, -0.05) is 0 Å². The third-order valence-corrected chi connectivity index (χ3v) is 4.65. The van der Waals surface area contributed by atoms with Crippen LogP contribution in [0.15, 0.2) is 18.3 Å². The molecular formula is C27H42FN3O7. The van der Waals surface area contributed by atoms with E-state index in [0.717, 1.165) is 12.3 Å². The average Bonchev–Trinajstić information content (AvgIpc) is 2.71. The fraction of sp³-hybridized carbons (Fsp3) is 0.667. The lowest BCUT2D eigenvalue weighted by Crippen LogP contribution is -2.47. The van der Waals surface area contributed by atoms with E-state index < -0.39 is 58.6 Å². The summed E-state index contributed by atoms with van der Waals surface area (Å²) in [5.74, 6) is -3.20. The van der Waals surface area contributed by atoms with Crippen molar-refractivity contribution >= 4 is 23.9 Å². The Morgan fingerprint density at radius 3 is 1.92 bits per heavy atom. The number of rotatable bonds is 10. The first-order valence-corrected chi connectivity index (χ1v) is 12.6. The van der Waals surface area contributed by atoms with E-state index in [2.05, 4.69) is 15.6 Å². The van der Waals surface area contributed by atoms with Crippen molar-refractivity contribution in [3.63, 3.8) is 0 Å². The first-order chi connectivity index (χ1) is 17.3. The molecule has 1 heterocycles. The molecule has 38 heavy (non-hydrogen) atoms. The van der Waals surface area contributed by atoms with Gasteiger partial charge in [-0.3, -0.25) is 9.59 Å². The van der Waals surface area contributed by atoms with E-state index in [1.54, 1.807) is 62.3 Å². The summed E-state index contributed by atoms with van der Waals surface area (Å²) in [5.41, 5.74) is -2.21. The summed E-state index contributed by atoms with van der Waals surface area (Å²) >= 11 is 0. The molecule has 0 saturated carbocycles. The summed E-state index contributed by atoms with van der Waals surface area (Å²) in [6.45, 7) is 15.5. The minimum Gasteiger partial charge on any atom is -0.460 e. The maximum absolute atomic E-state index is 13.0. The highest BCUT2D eigenvalue weighted by molar-refractivity contribution is 5.93. The van der Waals surface area contributed by atoms with Gasteiger partial charge in [0.05, 0.1) is 11.5 Å². The second kappa shape index (κ2) is 13.5.